The van der Waals surface area contributed by atoms with Crippen molar-refractivity contribution in [1.29, 1.82) is 0 Å². The summed E-state index contributed by atoms with van der Waals surface area (Å²) in [5.74, 6) is -0.266. The normalized spacial score (nSPS) is 12.0. The number of allylic oxidation sites excluding steroid dienone is 6. The SMILES string of the molecule is C=C=C(/C=C(C)/C=C\C(C=C)=NC)CC(=C)Nc1ccc(F)cc1. The molecule has 0 aliphatic heterocycles. The van der Waals surface area contributed by atoms with Crippen molar-refractivity contribution < 1.29 is 4.39 Å². The second-order valence-electron chi connectivity index (χ2n) is 5.19. The van der Waals surface area contributed by atoms with E-state index in [0.717, 1.165) is 28.2 Å². The molecule has 24 heavy (non-hydrogen) atoms. The zero-order chi connectivity index (χ0) is 17.9. The first-order valence-corrected chi connectivity index (χ1v) is 7.53. The number of anilines is 1. The van der Waals surface area contributed by atoms with Gasteiger partial charge in [-0.05, 0) is 55.0 Å². The molecule has 0 fully saturated rings. The molecule has 0 unspecified atom stereocenters. The molecule has 2 nitrogen and oxygen atoms in total. The monoisotopic (exact) mass is 322 g/mol. The summed E-state index contributed by atoms with van der Waals surface area (Å²) in [6.45, 7) is 13.4. The average Bonchev–Trinajstić information content (AvgIpc) is 2.57. The van der Waals surface area contributed by atoms with Crippen LogP contribution in [0, 0.1) is 5.82 Å². The molecule has 0 aromatic heterocycles. The molecule has 0 saturated carbocycles. The fraction of sp³-hybridized carbons (Fsp3) is 0.143. The number of nitrogens with one attached hydrogen (secondary N) is 1. The van der Waals surface area contributed by atoms with E-state index in [2.05, 4.69) is 35.8 Å². The maximum Gasteiger partial charge on any atom is 0.123 e. The highest BCUT2D eigenvalue weighted by Gasteiger charge is 2.00. The van der Waals surface area contributed by atoms with Gasteiger partial charge in [0.1, 0.15) is 5.82 Å². The van der Waals surface area contributed by atoms with Crippen molar-refractivity contribution in [3.63, 3.8) is 0 Å². The summed E-state index contributed by atoms with van der Waals surface area (Å²) in [5.41, 5.74) is 7.25. The van der Waals surface area contributed by atoms with Gasteiger partial charge in [-0.2, -0.15) is 0 Å². The molecule has 0 amide bonds. The molecule has 1 aromatic rings. The Morgan fingerprint density at radius 2 is 1.96 bits per heavy atom. The Morgan fingerprint density at radius 1 is 1.29 bits per heavy atom. The van der Waals surface area contributed by atoms with Gasteiger partial charge in [-0.3, -0.25) is 4.99 Å². The lowest BCUT2D eigenvalue weighted by molar-refractivity contribution is 0.628. The van der Waals surface area contributed by atoms with Gasteiger partial charge in [0.25, 0.3) is 0 Å². The second kappa shape index (κ2) is 9.98. The quantitative estimate of drug-likeness (QED) is 0.375. The fourth-order valence-corrected chi connectivity index (χ4v) is 1.95. The van der Waals surface area contributed by atoms with Gasteiger partial charge in [0.15, 0.2) is 0 Å². The highest BCUT2D eigenvalue weighted by Crippen LogP contribution is 2.16. The van der Waals surface area contributed by atoms with Crippen LogP contribution in [-0.4, -0.2) is 12.8 Å². The molecule has 124 valence electrons. The molecule has 0 atom stereocenters. The molecule has 0 bridgehead atoms. The molecule has 0 spiro atoms. The zero-order valence-electron chi connectivity index (χ0n) is 14.3. The van der Waals surface area contributed by atoms with Crippen LogP contribution < -0.4 is 5.32 Å². The maximum atomic E-state index is 12.9. The van der Waals surface area contributed by atoms with E-state index in [4.69, 9.17) is 0 Å². The Kier molecular flexibility index (Phi) is 7.97. The lowest BCUT2D eigenvalue weighted by Gasteiger charge is -2.09. The topological polar surface area (TPSA) is 24.4 Å². The predicted octanol–water partition coefficient (Wildman–Crippen LogP) is 5.61. The van der Waals surface area contributed by atoms with E-state index in [9.17, 15) is 4.39 Å². The van der Waals surface area contributed by atoms with Crippen LogP contribution in [-0.2, 0) is 0 Å². The Hall–Kier alpha value is -2.90. The van der Waals surface area contributed by atoms with E-state index in [1.165, 1.54) is 12.1 Å². The molecule has 0 aliphatic rings. The smallest absolute Gasteiger partial charge is 0.123 e. The highest BCUT2D eigenvalue weighted by atomic mass is 19.1. The summed E-state index contributed by atoms with van der Waals surface area (Å²) in [6, 6.07) is 6.15. The van der Waals surface area contributed by atoms with Crippen LogP contribution in [0.2, 0.25) is 0 Å². The van der Waals surface area contributed by atoms with Crippen LogP contribution in [0.1, 0.15) is 13.3 Å². The van der Waals surface area contributed by atoms with Crippen molar-refractivity contribution >= 4 is 11.4 Å². The number of hydrogen-bond acceptors (Lipinski definition) is 2. The lowest BCUT2D eigenvalue weighted by atomic mass is 10.1. The van der Waals surface area contributed by atoms with Crippen LogP contribution in [0.4, 0.5) is 10.1 Å². The van der Waals surface area contributed by atoms with Crippen LogP contribution >= 0.6 is 0 Å². The van der Waals surface area contributed by atoms with Crippen LogP contribution in [0.5, 0.6) is 0 Å². The van der Waals surface area contributed by atoms with E-state index >= 15 is 0 Å². The Morgan fingerprint density at radius 3 is 2.50 bits per heavy atom. The van der Waals surface area contributed by atoms with E-state index < -0.39 is 0 Å². The summed E-state index contributed by atoms with van der Waals surface area (Å²) >= 11 is 0. The van der Waals surface area contributed by atoms with Gasteiger partial charge in [0.05, 0.1) is 5.71 Å². The summed E-state index contributed by atoms with van der Waals surface area (Å²) in [6.07, 6.45) is 8.10. The molecule has 1 N–H and O–H groups in total. The van der Waals surface area contributed by atoms with Gasteiger partial charge in [0.2, 0.25) is 0 Å². The predicted molar refractivity (Wildman–Crippen MR) is 103 cm³/mol. The third kappa shape index (κ3) is 6.91. The van der Waals surface area contributed by atoms with E-state index in [0.29, 0.717) is 6.42 Å². The minimum Gasteiger partial charge on any atom is -0.359 e. The largest absolute Gasteiger partial charge is 0.359 e. The minimum absolute atomic E-state index is 0.266. The first-order valence-electron chi connectivity index (χ1n) is 7.53. The van der Waals surface area contributed by atoms with Crippen LogP contribution in [0.15, 0.2) is 95.9 Å². The summed E-state index contributed by atoms with van der Waals surface area (Å²) in [7, 11) is 1.72. The van der Waals surface area contributed by atoms with Crippen molar-refractivity contribution in [1.82, 2.24) is 0 Å². The first kappa shape index (κ1) is 19.1. The first-order chi connectivity index (χ1) is 11.5. The Balaban J connectivity index is 2.71. The van der Waals surface area contributed by atoms with Crippen LogP contribution in [0.3, 0.4) is 0 Å². The molecule has 1 rings (SSSR count). The van der Waals surface area contributed by atoms with E-state index in [1.54, 1.807) is 25.3 Å². The Bertz CT molecular complexity index is 728. The highest BCUT2D eigenvalue weighted by molar-refractivity contribution is 6.03. The van der Waals surface area contributed by atoms with E-state index in [-0.39, 0.29) is 5.82 Å². The fourth-order valence-electron chi connectivity index (χ4n) is 1.95. The van der Waals surface area contributed by atoms with Gasteiger partial charge < -0.3 is 5.32 Å². The van der Waals surface area contributed by atoms with Crippen molar-refractivity contribution in [2.75, 3.05) is 12.4 Å². The summed E-state index contributed by atoms with van der Waals surface area (Å²) in [4.78, 5) is 4.08. The van der Waals surface area contributed by atoms with Crippen LogP contribution in [0.25, 0.3) is 0 Å². The molecule has 0 heterocycles. The standard InChI is InChI=1S/C21H23FN2/c1-6-18(14-16(3)8-11-20(7-2)23-5)15-17(4)24-21-12-9-19(22)10-13-21/h7-14,24H,1-2,4,15H2,3,5H3/b11-8-,16-14+,23-20?. The van der Waals surface area contributed by atoms with Gasteiger partial charge in [-0.15, -0.1) is 5.73 Å². The minimum atomic E-state index is -0.266. The van der Waals surface area contributed by atoms with Crippen molar-refractivity contribution in [2.45, 2.75) is 13.3 Å². The molecular weight excluding hydrogens is 299 g/mol. The van der Waals surface area contributed by atoms with Crippen molar-refractivity contribution in [3.05, 3.63) is 96.7 Å². The maximum absolute atomic E-state index is 12.9. The second-order valence-corrected chi connectivity index (χ2v) is 5.19. The molecular formula is C21H23FN2. The summed E-state index contributed by atoms with van der Waals surface area (Å²) in [5, 5.41) is 3.15. The average molecular weight is 322 g/mol. The third-order valence-corrected chi connectivity index (χ3v) is 3.18. The third-order valence-electron chi connectivity index (χ3n) is 3.18. The molecule has 1 aromatic carbocycles. The zero-order valence-corrected chi connectivity index (χ0v) is 14.3. The molecule has 0 radical (unpaired) electrons. The molecule has 0 aliphatic carbocycles. The van der Waals surface area contributed by atoms with Gasteiger partial charge in [0, 0.05) is 24.9 Å². The van der Waals surface area contributed by atoms with Crippen molar-refractivity contribution in [2.24, 2.45) is 4.99 Å². The number of halogens is 1. The van der Waals surface area contributed by atoms with Gasteiger partial charge in [-0.25, -0.2) is 4.39 Å². The van der Waals surface area contributed by atoms with Gasteiger partial charge in [-0.1, -0.05) is 31.4 Å². The number of aliphatic imine (C=N–C) groups is 1. The number of hydrogen-bond donors (Lipinski definition) is 1. The Labute approximate surface area is 143 Å². The number of rotatable bonds is 8. The number of benzene rings is 1. The summed E-state index contributed by atoms with van der Waals surface area (Å²) < 4.78 is 12.9. The van der Waals surface area contributed by atoms with Crippen molar-refractivity contribution in [3.8, 4) is 0 Å². The van der Waals surface area contributed by atoms with E-state index in [1.807, 2.05) is 25.2 Å². The molecule has 3 heteroatoms. The molecule has 0 saturated heterocycles. The van der Waals surface area contributed by atoms with Gasteiger partial charge >= 0.3 is 0 Å². The number of nitrogens with zero attached hydrogens (tertiary/aromatic N) is 1. The lowest BCUT2D eigenvalue weighted by Crippen LogP contribution is -1.99.